The molecule has 1 aliphatic rings. The van der Waals surface area contributed by atoms with E-state index < -0.39 is 0 Å². The molecule has 0 radical (unpaired) electrons. The molecule has 0 bridgehead atoms. The molecule has 0 aromatic rings. The van der Waals surface area contributed by atoms with Crippen LogP contribution in [0.1, 0.15) is 41.0 Å². The second kappa shape index (κ2) is 3.00. The highest BCUT2D eigenvalue weighted by Gasteiger charge is 2.47. The van der Waals surface area contributed by atoms with Crippen LogP contribution in [0.2, 0.25) is 0 Å². The zero-order valence-electron chi connectivity index (χ0n) is 8.81. The zero-order chi connectivity index (χ0) is 9.41. The fourth-order valence-electron chi connectivity index (χ4n) is 1.75. The summed E-state index contributed by atoms with van der Waals surface area (Å²) in [4.78, 5) is 0. The SMILES string of the molecule is CC[C@@]1(C(C)(C)C)OC[C@H](C)O1. The van der Waals surface area contributed by atoms with Gasteiger partial charge in [-0.3, -0.25) is 0 Å². The molecular formula is C10H20O2. The predicted molar refractivity (Wildman–Crippen MR) is 49.0 cm³/mol. The molecule has 0 aliphatic carbocycles. The fraction of sp³-hybridized carbons (Fsp3) is 1.00. The Morgan fingerprint density at radius 3 is 2.17 bits per heavy atom. The first kappa shape index (κ1) is 10.0. The molecule has 0 unspecified atom stereocenters. The van der Waals surface area contributed by atoms with Gasteiger partial charge in [0, 0.05) is 5.41 Å². The van der Waals surface area contributed by atoms with E-state index in [1.54, 1.807) is 0 Å². The van der Waals surface area contributed by atoms with Crippen molar-refractivity contribution in [2.75, 3.05) is 6.61 Å². The van der Waals surface area contributed by atoms with E-state index in [0.717, 1.165) is 13.0 Å². The average Bonchev–Trinajstić information content (AvgIpc) is 2.31. The predicted octanol–water partition coefficient (Wildman–Crippen LogP) is 2.57. The van der Waals surface area contributed by atoms with E-state index in [0.29, 0.717) is 0 Å². The van der Waals surface area contributed by atoms with Crippen LogP contribution in [0.15, 0.2) is 0 Å². The first-order valence-electron chi connectivity index (χ1n) is 4.73. The summed E-state index contributed by atoms with van der Waals surface area (Å²) in [6.45, 7) is 11.4. The summed E-state index contributed by atoms with van der Waals surface area (Å²) in [5.41, 5.74) is 0.0620. The quantitative estimate of drug-likeness (QED) is 0.605. The van der Waals surface area contributed by atoms with Crippen molar-refractivity contribution in [1.29, 1.82) is 0 Å². The monoisotopic (exact) mass is 172 g/mol. The van der Waals surface area contributed by atoms with Gasteiger partial charge in [0.05, 0.1) is 12.7 Å². The molecule has 0 spiro atoms. The van der Waals surface area contributed by atoms with Gasteiger partial charge in [-0.05, 0) is 13.3 Å². The molecule has 0 N–H and O–H groups in total. The number of ether oxygens (including phenoxy) is 2. The van der Waals surface area contributed by atoms with Crippen LogP contribution in [-0.4, -0.2) is 18.5 Å². The third kappa shape index (κ3) is 1.50. The average molecular weight is 172 g/mol. The van der Waals surface area contributed by atoms with Crippen molar-refractivity contribution in [3.05, 3.63) is 0 Å². The second-order valence-corrected chi connectivity index (χ2v) is 4.60. The van der Waals surface area contributed by atoms with Gasteiger partial charge in [-0.15, -0.1) is 0 Å². The second-order valence-electron chi connectivity index (χ2n) is 4.60. The Morgan fingerprint density at radius 2 is 2.00 bits per heavy atom. The smallest absolute Gasteiger partial charge is 0.173 e. The van der Waals surface area contributed by atoms with Crippen molar-refractivity contribution in [2.24, 2.45) is 5.41 Å². The fourth-order valence-corrected chi connectivity index (χ4v) is 1.75. The summed E-state index contributed by atoms with van der Waals surface area (Å²) in [6.07, 6.45) is 1.16. The lowest BCUT2D eigenvalue weighted by atomic mass is 9.84. The van der Waals surface area contributed by atoms with Gasteiger partial charge in [-0.2, -0.15) is 0 Å². The topological polar surface area (TPSA) is 18.5 Å². The van der Waals surface area contributed by atoms with Crippen LogP contribution in [0.3, 0.4) is 0 Å². The first-order chi connectivity index (χ1) is 5.41. The summed E-state index contributed by atoms with van der Waals surface area (Å²) >= 11 is 0. The van der Waals surface area contributed by atoms with Gasteiger partial charge in [0.25, 0.3) is 0 Å². The number of hydrogen-bond acceptors (Lipinski definition) is 2. The normalized spacial score (nSPS) is 37.2. The van der Waals surface area contributed by atoms with Crippen LogP contribution in [0.4, 0.5) is 0 Å². The largest absolute Gasteiger partial charge is 0.347 e. The third-order valence-corrected chi connectivity index (χ3v) is 2.55. The van der Waals surface area contributed by atoms with Crippen LogP contribution in [-0.2, 0) is 9.47 Å². The van der Waals surface area contributed by atoms with Gasteiger partial charge in [-0.1, -0.05) is 27.7 Å². The highest BCUT2D eigenvalue weighted by Crippen LogP contribution is 2.42. The first-order valence-corrected chi connectivity index (χ1v) is 4.73. The Kier molecular flexibility index (Phi) is 2.50. The summed E-state index contributed by atoms with van der Waals surface area (Å²) in [6, 6.07) is 0. The van der Waals surface area contributed by atoms with E-state index in [9.17, 15) is 0 Å². The van der Waals surface area contributed by atoms with E-state index >= 15 is 0 Å². The maximum Gasteiger partial charge on any atom is 0.173 e. The minimum Gasteiger partial charge on any atom is -0.347 e. The van der Waals surface area contributed by atoms with Crippen molar-refractivity contribution in [1.82, 2.24) is 0 Å². The standard InChI is InChI=1S/C10H20O2/c1-6-10(9(3,4)5)11-7-8(2)12-10/h8H,6-7H2,1-5H3/t8-,10+/m0/s1. The highest BCUT2D eigenvalue weighted by atomic mass is 16.7. The lowest BCUT2D eigenvalue weighted by molar-refractivity contribution is -0.231. The van der Waals surface area contributed by atoms with E-state index in [1.165, 1.54) is 0 Å². The molecule has 0 saturated carbocycles. The Labute approximate surface area is 75.2 Å². The summed E-state index contributed by atoms with van der Waals surface area (Å²) in [5.74, 6) is -0.355. The molecule has 0 amide bonds. The molecule has 2 nitrogen and oxygen atoms in total. The number of hydrogen-bond donors (Lipinski definition) is 0. The van der Waals surface area contributed by atoms with Gasteiger partial charge in [0.15, 0.2) is 5.79 Å². The zero-order valence-corrected chi connectivity index (χ0v) is 8.81. The van der Waals surface area contributed by atoms with Crippen molar-refractivity contribution in [3.8, 4) is 0 Å². The van der Waals surface area contributed by atoms with E-state index in [-0.39, 0.29) is 17.3 Å². The molecule has 2 atom stereocenters. The number of rotatable bonds is 1. The highest BCUT2D eigenvalue weighted by molar-refractivity contribution is 4.87. The summed E-state index contributed by atoms with van der Waals surface area (Å²) in [7, 11) is 0. The Hall–Kier alpha value is -0.0800. The molecule has 2 heteroatoms. The molecule has 72 valence electrons. The maximum atomic E-state index is 5.84. The van der Waals surface area contributed by atoms with E-state index in [2.05, 4.69) is 34.6 Å². The van der Waals surface area contributed by atoms with Crippen molar-refractivity contribution in [3.63, 3.8) is 0 Å². The Morgan fingerprint density at radius 1 is 1.42 bits per heavy atom. The van der Waals surface area contributed by atoms with Crippen LogP contribution >= 0.6 is 0 Å². The Bertz CT molecular complexity index is 160. The van der Waals surface area contributed by atoms with E-state index in [4.69, 9.17) is 9.47 Å². The molecule has 1 fully saturated rings. The molecule has 1 saturated heterocycles. The van der Waals surface area contributed by atoms with Crippen molar-refractivity contribution in [2.45, 2.75) is 52.9 Å². The van der Waals surface area contributed by atoms with Gasteiger partial charge < -0.3 is 9.47 Å². The summed E-state index contributed by atoms with van der Waals surface area (Å²) < 4.78 is 11.6. The van der Waals surface area contributed by atoms with Gasteiger partial charge in [0.2, 0.25) is 0 Å². The third-order valence-electron chi connectivity index (χ3n) is 2.55. The molecule has 0 aromatic carbocycles. The molecule has 12 heavy (non-hydrogen) atoms. The van der Waals surface area contributed by atoms with Gasteiger partial charge in [-0.25, -0.2) is 0 Å². The van der Waals surface area contributed by atoms with Crippen molar-refractivity contribution >= 4 is 0 Å². The van der Waals surface area contributed by atoms with Crippen LogP contribution < -0.4 is 0 Å². The lowest BCUT2D eigenvalue weighted by Gasteiger charge is -2.39. The van der Waals surface area contributed by atoms with Crippen LogP contribution in [0, 0.1) is 5.41 Å². The summed E-state index contributed by atoms with van der Waals surface area (Å²) in [5, 5.41) is 0. The Balaban J connectivity index is 2.78. The van der Waals surface area contributed by atoms with Gasteiger partial charge >= 0.3 is 0 Å². The van der Waals surface area contributed by atoms with Crippen LogP contribution in [0.5, 0.6) is 0 Å². The molecular weight excluding hydrogens is 152 g/mol. The molecule has 1 aliphatic heterocycles. The van der Waals surface area contributed by atoms with Crippen LogP contribution in [0.25, 0.3) is 0 Å². The molecule has 1 heterocycles. The minimum absolute atomic E-state index is 0.0620. The minimum atomic E-state index is -0.355. The molecule has 1 rings (SSSR count). The lowest BCUT2D eigenvalue weighted by Crippen LogP contribution is -2.43. The van der Waals surface area contributed by atoms with E-state index in [1.807, 2.05) is 0 Å². The molecule has 0 aromatic heterocycles. The van der Waals surface area contributed by atoms with Crippen molar-refractivity contribution < 1.29 is 9.47 Å². The van der Waals surface area contributed by atoms with Gasteiger partial charge in [0.1, 0.15) is 0 Å². The maximum absolute atomic E-state index is 5.84.